The Hall–Kier alpha value is -3.26. The third-order valence-corrected chi connectivity index (χ3v) is 7.77. The first-order valence-electron chi connectivity index (χ1n) is 14.8. The van der Waals surface area contributed by atoms with Gasteiger partial charge in [0.15, 0.2) is 0 Å². The molecule has 4 rings (SSSR count). The molecule has 0 saturated carbocycles. The lowest BCUT2D eigenvalue weighted by atomic mass is 9.93. The van der Waals surface area contributed by atoms with Crippen molar-refractivity contribution in [3.63, 3.8) is 0 Å². The van der Waals surface area contributed by atoms with E-state index in [4.69, 9.17) is 0 Å². The van der Waals surface area contributed by atoms with Gasteiger partial charge in [-0.25, -0.2) is 4.70 Å². The average Bonchev–Trinajstić information content (AvgIpc) is 3.30. The van der Waals surface area contributed by atoms with Crippen LogP contribution in [0.1, 0.15) is 100 Å². The summed E-state index contributed by atoms with van der Waals surface area (Å²) in [5, 5.41) is 0. The minimum absolute atomic E-state index is 0.877. The van der Waals surface area contributed by atoms with Crippen LogP contribution in [-0.2, 0) is 19.3 Å². The van der Waals surface area contributed by atoms with E-state index in [0.717, 1.165) is 48.2 Å². The van der Waals surface area contributed by atoms with E-state index in [1.807, 2.05) is 0 Å². The summed E-state index contributed by atoms with van der Waals surface area (Å²) in [6.45, 7) is 8.90. The van der Waals surface area contributed by atoms with Crippen LogP contribution in [0.3, 0.4) is 0 Å². The SMILES string of the molecule is CCCCCCc1cc(C2=CC(CC)=C(c3cc(CC)cc(CCCC)c3)[N+]2=[N-])ccc1-c1ccccc1. The summed E-state index contributed by atoms with van der Waals surface area (Å²) in [7, 11) is 0. The Kier molecular flexibility index (Phi) is 9.87. The Bertz CT molecular complexity index is 1310. The molecule has 1 aliphatic rings. The molecular formula is C36H44N2. The van der Waals surface area contributed by atoms with Crippen LogP contribution in [0.25, 0.3) is 28.1 Å². The fourth-order valence-corrected chi connectivity index (χ4v) is 5.56. The van der Waals surface area contributed by atoms with Crippen LogP contribution < -0.4 is 0 Å². The number of unbranched alkanes of at least 4 members (excludes halogenated alkanes) is 4. The number of allylic oxidation sites excluding steroid dienone is 2. The topological polar surface area (TPSA) is 25.3 Å². The standard InChI is InChI=1S/C36H44N2/c1-5-9-11-13-19-31-25-32(20-21-34(31)30-17-14-12-15-18-30)35-26-29(8-4)36(38(35)37)33-23-27(7-3)22-28(24-33)16-10-6-2/h12,14-15,17-18,20-26H,5-11,13,16,19H2,1-4H3. The summed E-state index contributed by atoms with van der Waals surface area (Å²) in [6.07, 6.45) is 13.5. The molecule has 0 spiro atoms. The summed E-state index contributed by atoms with van der Waals surface area (Å²) >= 11 is 0. The van der Waals surface area contributed by atoms with Gasteiger partial charge in [-0.1, -0.05) is 95.8 Å². The van der Waals surface area contributed by atoms with E-state index in [1.54, 1.807) is 0 Å². The number of rotatable bonds is 13. The lowest BCUT2D eigenvalue weighted by Crippen LogP contribution is -2.04. The quantitative estimate of drug-likeness (QED) is 0.163. The van der Waals surface area contributed by atoms with Crippen LogP contribution in [0.5, 0.6) is 0 Å². The average molecular weight is 505 g/mol. The van der Waals surface area contributed by atoms with Crippen molar-refractivity contribution in [2.45, 2.75) is 91.9 Å². The maximum Gasteiger partial charge on any atom is 0.210 e. The number of benzene rings is 3. The Balaban J connectivity index is 1.69. The van der Waals surface area contributed by atoms with Gasteiger partial charge in [-0.05, 0) is 90.6 Å². The third kappa shape index (κ3) is 6.41. The number of hydrogen-bond donors (Lipinski definition) is 0. The lowest BCUT2D eigenvalue weighted by Gasteiger charge is -2.15. The van der Waals surface area contributed by atoms with Gasteiger partial charge >= 0.3 is 0 Å². The van der Waals surface area contributed by atoms with Gasteiger partial charge in [-0.15, -0.1) is 0 Å². The van der Waals surface area contributed by atoms with Gasteiger partial charge in [0, 0.05) is 22.8 Å². The minimum Gasteiger partial charge on any atom is -0.493 e. The summed E-state index contributed by atoms with van der Waals surface area (Å²) in [6, 6.07) is 24.3. The zero-order valence-electron chi connectivity index (χ0n) is 23.9. The molecule has 0 saturated heterocycles. The van der Waals surface area contributed by atoms with Crippen LogP contribution in [0.2, 0.25) is 0 Å². The van der Waals surface area contributed by atoms with Crippen molar-refractivity contribution in [3.05, 3.63) is 112 Å². The predicted molar refractivity (Wildman–Crippen MR) is 163 cm³/mol. The van der Waals surface area contributed by atoms with Crippen LogP contribution in [-0.4, -0.2) is 4.70 Å². The first-order chi connectivity index (χ1) is 18.6. The molecule has 1 heterocycles. The zero-order chi connectivity index (χ0) is 26.9. The van der Waals surface area contributed by atoms with E-state index in [1.165, 1.54) is 76.6 Å². The maximum absolute atomic E-state index is 11.6. The van der Waals surface area contributed by atoms with Gasteiger partial charge in [0.25, 0.3) is 0 Å². The van der Waals surface area contributed by atoms with E-state index >= 15 is 0 Å². The molecule has 0 atom stereocenters. The molecular weight excluding hydrogens is 460 g/mol. The molecule has 0 aromatic heterocycles. The molecule has 0 unspecified atom stereocenters. The Morgan fingerprint density at radius 3 is 2.11 bits per heavy atom. The second-order valence-electron chi connectivity index (χ2n) is 10.6. The van der Waals surface area contributed by atoms with E-state index in [0.29, 0.717) is 0 Å². The van der Waals surface area contributed by atoms with Crippen LogP contribution in [0.15, 0.2) is 78.4 Å². The molecule has 198 valence electrons. The van der Waals surface area contributed by atoms with Crippen molar-refractivity contribution in [2.24, 2.45) is 0 Å². The molecule has 2 heteroatoms. The number of aryl methyl sites for hydroxylation is 3. The molecule has 0 fully saturated rings. The largest absolute Gasteiger partial charge is 0.493 e. The van der Waals surface area contributed by atoms with E-state index in [9.17, 15) is 5.53 Å². The van der Waals surface area contributed by atoms with Crippen LogP contribution >= 0.6 is 0 Å². The van der Waals surface area contributed by atoms with Crippen molar-refractivity contribution >= 4 is 11.4 Å². The molecule has 3 aromatic rings. The molecule has 1 aliphatic heterocycles. The molecule has 0 radical (unpaired) electrons. The van der Waals surface area contributed by atoms with E-state index in [2.05, 4.69) is 101 Å². The number of hydrogen-bond acceptors (Lipinski definition) is 0. The highest BCUT2D eigenvalue weighted by atomic mass is 15.2. The van der Waals surface area contributed by atoms with Crippen molar-refractivity contribution < 1.29 is 4.70 Å². The third-order valence-electron chi connectivity index (χ3n) is 7.77. The minimum atomic E-state index is 0.877. The second kappa shape index (κ2) is 13.5. The Labute approximate surface area is 230 Å². The highest BCUT2D eigenvalue weighted by molar-refractivity contribution is 5.80. The van der Waals surface area contributed by atoms with Crippen molar-refractivity contribution in [1.29, 1.82) is 0 Å². The maximum atomic E-state index is 11.6. The van der Waals surface area contributed by atoms with Crippen LogP contribution in [0.4, 0.5) is 0 Å². The molecule has 0 bridgehead atoms. The van der Waals surface area contributed by atoms with Gasteiger partial charge in [0.2, 0.25) is 11.4 Å². The monoisotopic (exact) mass is 504 g/mol. The predicted octanol–water partition coefficient (Wildman–Crippen LogP) is 10.6. The van der Waals surface area contributed by atoms with Crippen LogP contribution in [0, 0.1) is 0 Å². The molecule has 0 amide bonds. The summed E-state index contributed by atoms with van der Waals surface area (Å²) < 4.78 is 1.45. The zero-order valence-corrected chi connectivity index (χ0v) is 23.9. The fraction of sp³-hybridized carbons (Fsp3) is 0.389. The van der Waals surface area contributed by atoms with E-state index < -0.39 is 0 Å². The fourth-order valence-electron chi connectivity index (χ4n) is 5.56. The molecule has 0 N–H and O–H groups in total. The van der Waals surface area contributed by atoms with Gasteiger partial charge in [-0.2, -0.15) is 0 Å². The highest BCUT2D eigenvalue weighted by Crippen LogP contribution is 2.39. The summed E-state index contributed by atoms with van der Waals surface area (Å²) in [4.78, 5) is 0. The molecule has 0 aliphatic carbocycles. The van der Waals surface area contributed by atoms with Gasteiger partial charge < -0.3 is 5.53 Å². The van der Waals surface area contributed by atoms with Crippen molar-refractivity contribution in [2.75, 3.05) is 0 Å². The summed E-state index contributed by atoms with van der Waals surface area (Å²) in [5.41, 5.74) is 23.5. The molecule has 38 heavy (non-hydrogen) atoms. The summed E-state index contributed by atoms with van der Waals surface area (Å²) in [5.74, 6) is 0. The Morgan fingerprint density at radius 1 is 0.632 bits per heavy atom. The number of nitrogens with zero attached hydrogens (tertiary/aromatic N) is 2. The first-order valence-corrected chi connectivity index (χ1v) is 14.8. The van der Waals surface area contributed by atoms with E-state index in [-0.39, 0.29) is 0 Å². The second-order valence-corrected chi connectivity index (χ2v) is 10.6. The van der Waals surface area contributed by atoms with Crippen molar-refractivity contribution in [3.8, 4) is 11.1 Å². The van der Waals surface area contributed by atoms with Gasteiger partial charge in [0.05, 0.1) is 0 Å². The smallest absolute Gasteiger partial charge is 0.210 e. The lowest BCUT2D eigenvalue weighted by molar-refractivity contribution is -0.344. The molecule has 3 aromatic carbocycles. The Morgan fingerprint density at radius 2 is 1.39 bits per heavy atom. The highest BCUT2D eigenvalue weighted by Gasteiger charge is 2.29. The first kappa shape index (κ1) is 27.8. The molecule has 2 nitrogen and oxygen atoms in total. The normalized spacial score (nSPS) is 13.4. The van der Waals surface area contributed by atoms with Gasteiger partial charge in [0.1, 0.15) is 0 Å². The van der Waals surface area contributed by atoms with Crippen molar-refractivity contribution in [1.82, 2.24) is 0 Å². The van der Waals surface area contributed by atoms with Gasteiger partial charge in [-0.3, -0.25) is 0 Å².